The molecule has 0 spiro atoms. The van der Waals surface area contributed by atoms with Gasteiger partial charge in [-0.05, 0) is 62.0 Å². The van der Waals surface area contributed by atoms with Crippen LogP contribution in [-0.4, -0.2) is 31.1 Å². The Balaban J connectivity index is 1.57. The summed E-state index contributed by atoms with van der Waals surface area (Å²) in [5.74, 6) is -0.446. The van der Waals surface area contributed by atoms with E-state index < -0.39 is 5.79 Å². The van der Waals surface area contributed by atoms with Crippen LogP contribution < -0.4 is 10.2 Å². The van der Waals surface area contributed by atoms with E-state index in [4.69, 9.17) is 14.2 Å². The fourth-order valence-corrected chi connectivity index (χ4v) is 4.14. The van der Waals surface area contributed by atoms with Crippen molar-refractivity contribution in [1.82, 2.24) is 5.43 Å². The Morgan fingerprint density at radius 1 is 1.21 bits per heavy atom. The van der Waals surface area contributed by atoms with Crippen molar-refractivity contribution in [2.75, 3.05) is 13.2 Å². The van der Waals surface area contributed by atoms with Crippen molar-refractivity contribution in [2.24, 2.45) is 5.10 Å². The number of rotatable bonds is 7. The van der Waals surface area contributed by atoms with E-state index in [1.807, 2.05) is 42.5 Å². The van der Waals surface area contributed by atoms with E-state index in [9.17, 15) is 4.79 Å². The van der Waals surface area contributed by atoms with Gasteiger partial charge < -0.3 is 14.2 Å². The molecule has 0 bridgehead atoms. The van der Waals surface area contributed by atoms with Crippen LogP contribution >= 0.6 is 31.9 Å². The number of nitrogens with zero attached hydrogens (tertiary/aromatic N) is 1. The molecule has 1 fully saturated rings. The van der Waals surface area contributed by atoms with Gasteiger partial charge in [-0.15, -0.1) is 0 Å². The second-order valence-electron chi connectivity index (χ2n) is 6.39. The predicted octanol–water partition coefficient (Wildman–Crippen LogP) is 4.39. The molecule has 1 N–H and O–H groups in total. The zero-order valence-corrected chi connectivity index (χ0v) is 18.5. The van der Waals surface area contributed by atoms with Crippen molar-refractivity contribution in [3.8, 4) is 5.75 Å². The van der Waals surface area contributed by atoms with Crippen LogP contribution in [0.15, 0.2) is 56.5 Å². The van der Waals surface area contributed by atoms with Gasteiger partial charge in [0.1, 0.15) is 12.4 Å². The van der Waals surface area contributed by atoms with Crippen LogP contribution in [0.5, 0.6) is 5.75 Å². The fraction of sp³-hybridized carbons (Fsp3) is 0.300. The lowest BCUT2D eigenvalue weighted by Crippen LogP contribution is -2.33. The first kappa shape index (κ1) is 21.0. The summed E-state index contributed by atoms with van der Waals surface area (Å²) in [6, 6.07) is 13.7. The van der Waals surface area contributed by atoms with Crippen molar-refractivity contribution >= 4 is 44.0 Å². The maximum absolute atomic E-state index is 12.0. The number of benzene rings is 2. The van der Waals surface area contributed by atoms with Crippen LogP contribution in [0.2, 0.25) is 0 Å². The Morgan fingerprint density at radius 2 is 1.86 bits per heavy atom. The molecule has 3 rings (SSSR count). The van der Waals surface area contributed by atoms with E-state index in [0.29, 0.717) is 25.6 Å². The van der Waals surface area contributed by atoms with Gasteiger partial charge in [-0.1, -0.05) is 30.3 Å². The van der Waals surface area contributed by atoms with Crippen molar-refractivity contribution < 1.29 is 19.0 Å². The highest BCUT2D eigenvalue weighted by molar-refractivity contribution is 9.11. The molecular weight excluding hydrogens is 492 g/mol. The molecule has 1 saturated heterocycles. The highest BCUT2D eigenvalue weighted by Crippen LogP contribution is 2.35. The minimum atomic E-state index is -0.872. The Bertz CT molecular complexity index is 830. The molecule has 0 aromatic heterocycles. The highest BCUT2D eigenvalue weighted by Gasteiger charge is 2.33. The van der Waals surface area contributed by atoms with Gasteiger partial charge in [0.2, 0.25) is 5.91 Å². The van der Waals surface area contributed by atoms with Crippen molar-refractivity contribution in [1.29, 1.82) is 0 Å². The average Bonchev–Trinajstić information content (AvgIpc) is 3.08. The Kier molecular flexibility index (Phi) is 7.23. The Hall–Kier alpha value is -1.74. The Morgan fingerprint density at radius 3 is 2.50 bits per heavy atom. The van der Waals surface area contributed by atoms with Crippen LogP contribution in [0.25, 0.3) is 0 Å². The summed E-state index contributed by atoms with van der Waals surface area (Å²) in [4.78, 5) is 12.0. The van der Waals surface area contributed by atoms with Crippen LogP contribution in [0.4, 0.5) is 0 Å². The first-order chi connectivity index (χ1) is 13.5. The number of hydrogen-bond donors (Lipinski definition) is 1. The molecule has 1 heterocycles. The van der Waals surface area contributed by atoms with E-state index >= 15 is 0 Å². The Labute approximate surface area is 180 Å². The van der Waals surface area contributed by atoms with Gasteiger partial charge in [0.25, 0.3) is 0 Å². The maximum atomic E-state index is 12.0. The quantitative estimate of drug-likeness (QED) is 0.442. The molecule has 1 aliphatic rings. The molecule has 8 heteroatoms. The third kappa shape index (κ3) is 5.88. The number of carbonyl (C=O) groups is 1. The maximum Gasteiger partial charge on any atom is 0.245 e. The zero-order chi connectivity index (χ0) is 20.0. The number of amides is 1. The SMILES string of the molecule is CC1(CC(=O)N/N=C\c2cc(Br)c(OCc3ccccc3)c(Br)c2)OCCO1. The lowest BCUT2D eigenvalue weighted by molar-refractivity contribution is -0.159. The number of hydrazone groups is 1. The first-order valence-corrected chi connectivity index (χ1v) is 10.3. The summed E-state index contributed by atoms with van der Waals surface area (Å²) in [5.41, 5.74) is 4.37. The summed E-state index contributed by atoms with van der Waals surface area (Å²) in [7, 11) is 0. The monoisotopic (exact) mass is 510 g/mol. The molecule has 2 aromatic carbocycles. The molecule has 2 aromatic rings. The molecule has 0 radical (unpaired) electrons. The molecule has 1 aliphatic heterocycles. The molecule has 0 atom stereocenters. The molecule has 0 aliphatic carbocycles. The molecule has 0 unspecified atom stereocenters. The standard InChI is InChI=1S/C20H20Br2N2O4/c1-20(27-7-8-28-20)11-18(25)24-23-12-15-9-16(21)19(17(22)10-15)26-13-14-5-3-2-4-6-14/h2-6,9-10,12H,7-8,11,13H2,1H3,(H,24,25)/b23-12-. The normalized spacial score (nSPS) is 15.7. The fourth-order valence-electron chi connectivity index (χ4n) is 2.69. The second kappa shape index (κ2) is 9.65. The van der Waals surface area contributed by atoms with Crippen LogP contribution in [0.3, 0.4) is 0 Å². The van der Waals surface area contributed by atoms with Crippen molar-refractivity contribution in [3.05, 3.63) is 62.5 Å². The third-order valence-corrected chi connectivity index (χ3v) is 5.21. The zero-order valence-electron chi connectivity index (χ0n) is 15.3. The second-order valence-corrected chi connectivity index (χ2v) is 8.10. The number of hydrogen-bond acceptors (Lipinski definition) is 5. The minimum absolute atomic E-state index is 0.0873. The number of carbonyl (C=O) groups excluding carboxylic acids is 1. The molecule has 0 saturated carbocycles. The summed E-state index contributed by atoms with van der Waals surface area (Å²) in [6.45, 7) is 3.19. The first-order valence-electron chi connectivity index (χ1n) is 8.71. The lowest BCUT2D eigenvalue weighted by Gasteiger charge is -2.20. The van der Waals surface area contributed by atoms with Gasteiger partial charge in [0, 0.05) is 0 Å². The van der Waals surface area contributed by atoms with E-state index in [1.165, 1.54) is 0 Å². The van der Waals surface area contributed by atoms with Crippen molar-refractivity contribution in [3.63, 3.8) is 0 Å². The summed E-state index contributed by atoms with van der Waals surface area (Å²) in [5, 5.41) is 4.00. The lowest BCUT2D eigenvalue weighted by atomic mass is 10.2. The van der Waals surface area contributed by atoms with E-state index in [-0.39, 0.29) is 12.3 Å². The van der Waals surface area contributed by atoms with Crippen molar-refractivity contribution in [2.45, 2.75) is 25.7 Å². The van der Waals surface area contributed by atoms with E-state index in [0.717, 1.165) is 20.1 Å². The average molecular weight is 512 g/mol. The number of ether oxygens (including phenoxy) is 3. The molecule has 28 heavy (non-hydrogen) atoms. The van der Waals surface area contributed by atoms with Gasteiger partial charge in [0.15, 0.2) is 5.79 Å². The van der Waals surface area contributed by atoms with Gasteiger partial charge in [-0.2, -0.15) is 5.10 Å². The smallest absolute Gasteiger partial charge is 0.245 e. The molecular formula is C20H20Br2N2O4. The summed E-state index contributed by atoms with van der Waals surface area (Å²) >= 11 is 7.04. The van der Waals surface area contributed by atoms with Crippen LogP contribution in [0.1, 0.15) is 24.5 Å². The van der Waals surface area contributed by atoms with E-state index in [2.05, 4.69) is 42.4 Å². The van der Waals surface area contributed by atoms with E-state index in [1.54, 1.807) is 13.1 Å². The van der Waals surface area contributed by atoms with Gasteiger partial charge in [-0.25, -0.2) is 5.43 Å². The number of nitrogens with one attached hydrogen (secondary N) is 1. The van der Waals surface area contributed by atoms with Gasteiger partial charge in [0.05, 0.1) is 34.8 Å². The molecule has 6 nitrogen and oxygen atoms in total. The topological polar surface area (TPSA) is 69.2 Å². The minimum Gasteiger partial charge on any atom is -0.487 e. The van der Waals surface area contributed by atoms with Crippen LogP contribution in [0, 0.1) is 0 Å². The number of halogens is 2. The summed E-state index contributed by atoms with van der Waals surface area (Å²) in [6.07, 6.45) is 1.65. The molecule has 1 amide bonds. The third-order valence-electron chi connectivity index (χ3n) is 4.03. The van der Waals surface area contributed by atoms with Gasteiger partial charge in [-0.3, -0.25) is 4.79 Å². The largest absolute Gasteiger partial charge is 0.487 e. The molecule has 148 valence electrons. The summed E-state index contributed by atoms with van der Waals surface area (Å²) < 4.78 is 18.3. The van der Waals surface area contributed by atoms with Gasteiger partial charge >= 0.3 is 0 Å². The highest BCUT2D eigenvalue weighted by atomic mass is 79.9. The van der Waals surface area contributed by atoms with Crippen LogP contribution in [-0.2, 0) is 20.9 Å². The predicted molar refractivity (Wildman–Crippen MR) is 113 cm³/mol.